The number of hydrogen-bond acceptors (Lipinski definition) is 2. The first kappa shape index (κ1) is 13.1. The Bertz CT molecular complexity index is 647. The number of anilines is 1. The maximum Gasteiger partial charge on any atom is 0.201 e. The average molecular weight is 269 g/mol. The van der Waals surface area contributed by atoms with E-state index in [0.29, 0.717) is 12.1 Å². The van der Waals surface area contributed by atoms with E-state index in [1.54, 1.807) is 0 Å². The number of ketones is 1. The van der Waals surface area contributed by atoms with Gasteiger partial charge >= 0.3 is 0 Å². The third kappa shape index (κ3) is 2.42. The van der Waals surface area contributed by atoms with E-state index >= 15 is 0 Å². The molecule has 0 aromatic heterocycles. The molecule has 2 rings (SSSR count). The van der Waals surface area contributed by atoms with Crippen LogP contribution in [0, 0.1) is 23.3 Å². The van der Waals surface area contributed by atoms with Crippen molar-refractivity contribution >= 4 is 11.5 Å². The Morgan fingerprint density at radius 2 is 1.47 bits per heavy atom. The van der Waals surface area contributed by atoms with Crippen molar-refractivity contribution in [3.05, 3.63) is 64.7 Å². The molecule has 0 aliphatic carbocycles. The third-order valence-electron chi connectivity index (χ3n) is 2.47. The summed E-state index contributed by atoms with van der Waals surface area (Å²) < 4.78 is 53.0. The number of rotatable bonds is 2. The van der Waals surface area contributed by atoms with Gasteiger partial charge in [0.15, 0.2) is 0 Å². The summed E-state index contributed by atoms with van der Waals surface area (Å²) in [5.41, 5.74) is 3.84. The summed E-state index contributed by atoms with van der Waals surface area (Å²) >= 11 is 0. The van der Waals surface area contributed by atoms with Gasteiger partial charge in [-0.2, -0.15) is 0 Å². The molecule has 19 heavy (non-hydrogen) atoms. The molecule has 6 heteroatoms. The molecule has 2 aromatic rings. The van der Waals surface area contributed by atoms with E-state index in [2.05, 4.69) is 0 Å². The Labute approximate surface area is 105 Å². The zero-order chi connectivity index (χ0) is 14.2. The van der Waals surface area contributed by atoms with Gasteiger partial charge in [0.2, 0.25) is 5.78 Å². The summed E-state index contributed by atoms with van der Waals surface area (Å²) in [6, 6.07) is 3.76. The molecular weight excluding hydrogens is 262 g/mol. The minimum atomic E-state index is -1.40. The lowest BCUT2D eigenvalue weighted by Crippen LogP contribution is -2.10. The molecule has 0 saturated carbocycles. The van der Waals surface area contributed by atoms with Crippen LogP contribution in [0.4, 0.5) is 23.2 Å². The van der Waals surface area contributed by atoms with Crippen molar-refractivity contribution in [2.24, 2.45) is 0 Å². The van der Waals surface area contributed by atoms with Gasteiger partial charge in [0, 0.05) is 17.8 Å². The Morgan fingerprint density at radius 1 is 0.895 bits per heavy atom. The van der Waals surface area contributed by atoms with Crippen LogP contribution in [0.15, 0.2) is 30.3 Å². The summed E-state index contributed by atoms with van der Waals surface area (Å²) in [7, 11) is 0. The Hall–Kier alpha value is -2.37. The van der Waals surface area contributed by atoms with Crippen molar-refractivity contribution in [2.45, 2.75) is 0 Å². The van der Waals surface area contributed by atoms with E-state index in [4.69, 9.17) is 5.73 Å². The van der Waals surface area contributed by atoms with Gasteiger partial charge < -0.3 is 5.73 Å². The maximum atomic E-state index is 13.5. The fourth-order valence-electron chi connectivity index (χ4n) is 1.61. The minimum Gasteiger partial charge on any atom is -0.399 e. The van der Waals surface area contributed by atoms with Gasteiger partial charge in [-0.1, -0.05) is 0 Å². The van der Waals surface area contributed by atoms with Gasteiger partial charge in [-0.15, -0.1) is 0 Å². The second-order valence-electron chi connectivity index (χ2n) is 3.81. The van der Waals surface area contributed by atoms with Crippen LogP contribution < -0.4 is 5.73 Å². The fourth-order valence-corrected chi connectivity index (χ4v) is 1.61. The summed E-state index contributed by atoms with van der Waals surface area (Å²) in [6.07, 6.45) is 0. The van der Waals surface area contributed by atoms with E-state index in [1.165, 1.54) is 6.07 Å². The van der Waals surface area contributed by atoms with Crippen LogP contribution in [0.25, 0.3) is 0 Å². The van der Waals surface area contributed by atoms with Crippen molar-refractivity contribution < 1.29 is 22.4 Å². The highest BCUT2D eigenvalue weighted by Crippen LogP contribution is 2.21. The molecule has 0 spiro atoms. The first-order chi connectivity index (χ1) is 8.90. The second kappa shape index (κ2) is 4.72. The molecule has 0 atom stereocenters. The smallest absolute Gasteiger partial charge is 0.201 e. The molecule has 0 amide bonds. The van der Waals surface area contributed by atoms with Crippen LogP contribution in [-0.2, 0) is 0 Å². The molecule has 0 aliphatic rings. The quantitative estimate of drug-likeness (QED) is 0.517. The average Bonchev–Trinajstić information content (AvgIpc) is 2.30. The van der Waals surface area contributed by atoms with Crippen LogP contribution in [0.2, 0.25) is 0 Å². The monoisotopic (exact) mass is 269 g/mol. The normalized spacial score (nSPS) is 10.5. The van der Waals surface area contributed by atoms with E-state index in [9.17, 15) is 22.4 Å². The fraction of sp³-hybridized carbons (Fsp3) is 0. The van der Waals surface area contributed by atoms with Crippen molar-refractivity contribution in [1.82, 2.24) is 0 Å². The van der Waals surface area contributed by atoms with Crippen LogP contribution >= 0.6 is 0 Å². The molecule has 0 radical (unpaired) electrons. The summed E-state index contributed by atoms with van der Waals surface area (Å²) in [5.74, 6) is -6.17. The zero-order valence-electron chi connectivity index (χ0n) is 9.38. The Balaban J connectivity index is 2.59. The van der Waals surface area contributed by atoms with Gasteiger partial charge in [0.1, 0.15) is 23.3 Å². The predicted molar refractivity (Wildman–Crippen MR) is 60.6 cm³/mol. The Kier molecular flexibility index (Phi) is 3.25. The molecular formula is C13H7F4NO. The molecule has 0 heterocycles. The zero-order valence-corrected chi connectivity index (χ0v) is 9.38. The first-order valence-corrected chi connectivity index (χ1v) is 5.14. The van der Waals surface area contributed by atoms with Crippen molar-refractivity contribution in [3.8, 4) is 0 Å². The third-order valence-corrected chi connectivity index (χ3v) is 2.47. The van der Waals surface area contributed by atoms with E-state index in [-0.39, 0.29) is 5.69 Å². The van der Waals surface area contributed by atoms with Gasteiger partial charge in [-0.05, 0) is 18.2 Å². The lowest BCUT2D eigenvalue weighted by Gasteiger charge is -2.06. The molecule has 2 N–H and O–H groups in total. The number of carbonyl (C=O) groups excluding carboxylic acids is 1. The van der Waals surface area contributed by atoms with Crippen molar-refractivity contribution in [1.29, 1.82) is 0 Å². The molecule has 0 saturated heterocycles. The van der Waals surface area contributed by atoms with Gasteiger partial charge in [0.25, 0.3) is 0 Å². The van der Waals surface area contributed by atoms with Gasteiger partial charge in [-0.3, -0.25) is 4.79 Å². The molecule has 2 nitrogen and oxygen atoms in total. The molecule has 0 aliphatic heterocycles. The van der Waals surface area contributed by atoms with E-state index in [1.807, 2.05) is 0 Å². The van der Waals surface area contributed by atoms with Crippen molar-refractivity contribution in [2.75, 3.05) is 5.73 Å². The van der Waals surface area contributed by atoms with Crippen molar-refractivity contribution in [3.63, 3.8) is 0 Å². The SMILES string of the molecule is Nc1ccc(F)c(C(=O)c2c(F)cc(F)cc2F)c1. The minimum absolute atomic E-state index is 0.0627. The topological polar surface area (TPSA) is 43.1 Å². The van der Waals surface area contributed by atoms with Crippen LogP contribution in [0.1, 0.15) is 15.9 Å². The summed E-state index contributed by atoms with van der Waals surface area (Å²) in [4.78, 5) is 11.9. The molecule has 0 fully saturated rings. The number of benzene rings is 2. The van der Waals surface area contributed by atoms with Gasteiger partial charge in [-0.25, -0.2) is 17.6 Å². The second-order valence-corrected chi connectivity index (χ2v) is 3.81. The highest BCUT2D eigenvalue weighted by atomic mass is 19.1. The Morgan fingerprint density at radius 3 is 2.05 bits per heavy atom. The number of nitrogen functional groups attached to an aromatic ring is 1. The number of halogens is 4. The number of hydrogen-bond donors (Lipinski definition) is 1. The number of carbonyl (C=O) groups is 1. The van der Waals surface area contributed by atoms with E-state index < -0.39 is 40.2 Å². The molecule has 0 bridgehead atoms. The standard InChI is InChI=1S/C13H7F4NO/c14-6-3-10(16)12(11(17)4-6)13(19)8-5-7(18)1-2-9(8)15/h1-5H,18H2. The molecule has 2 aromatic carbocycles. The lowest BCUT2D eigenvalue weighted by atomic mass is 10.0. The van der Waals surface area contributed by atoms with Crippen LogP contribution in [0.5, 0.6) is 0 Å². The maximum absolute atomic E-state index is 13.5. The van der Waals surface area contributed by atoms with Crippen LogP contribution in [0.3, 0.4) is 0 Å². The van der Waals surface area contributed by atoms with Gasteiger partial charge in [0.05, 0.1) is 11.1 Å². The van der Waals surface area contributed by atoms with E-state index in [0.717, 1.165) is 12.1 Å². The number of nitrogens with two attached hydrogens (primary N) is 1. The molecule has 0 unspecified atom stereocenters. The predicted octanol–water partition coefficient (Wildman–Crippen LogP) is 3.06. The highest BCUT2D eigenvalue weighted by molar-refractivity contribution is 6.09. The summed E-state index contributed by atoms with van der Waals surface area (Å²) in [5, 5.41) is 0. The summed E-state index contributed by atoms with van der Waals surface area (Å²) in [6.45, 7) is 0. The largest absolute Gasteiger partial charge is 0.399 e. The first-order valence-electron chi connectivity index (χ1n) is 5.14. The van der Waals surface area contributed by atoms with Crippen LogP contribution in [-0.4, -0.2) is 5.78 Å². The molecule has 98 valence electrons. The lowest BCUT2D eigenvalue weighted by molar-refractivity contribution is 0.102. The highest BCUT2D eigenvalue weighted by Gasteiger charge is 2.23.